The molecule has 0 heterocycles. The molecule has 230 valence electrons. The first-order valence-corrected chi connectivity index (χ1v) is 16.2. The van der Waals surface area contributed by atoms with E-state index in [0.29, 0.717) is 23.6 Å². The molecular weight excluding hydrogens is 566 g/mol. The third-order valence-corrected chi connectivity index (χ3v) is 9.61. The predicted octanol–water partition coefficient (Wildman–Crippen LogP) is 5.16. The highest BCUT2D eigenvalue weighted by atomic mass is 32.2. The maximum absolute atomic E-state index is 14.2. The van der Waals surface area contributed by atoms with Crippen LogP contribution in [0.15, 0.2) is 83.8 Å². The smallest absolute Gasteiger partial charge is 0.264 e. The number of carbonyl (C=O) groups excluding carboxylic acids is 2. The second kappa shape index (κ2) is 14.9. The number of nitrogens with one attached hydrogen (secondary N) is 1. The number of anilines is 1. The second-order valence-electron chi connectivity index (χ2n) is 10.7. The number of sulfonamides is 1. The molecule has 0 spiro atoms. The van der Waals surface area contributed by atoms with Crippen LogP contribution in [0.4, 0.5) is 5.69 Å². The van der Waals surface area contributed by atoms with E-state index in [1.165, 1.54) is 24.1 Å². The van der Waals surface area contributed by atoms with Crippen molar-refractivity contribution in [1.82, 2.24) is 10.2 Å². The van der Waals surface area contributed by atoms with E-state index in [9.17, 15) is 18.0 Å². The van der Waals surface area contributed by atoms with Crippen molar-refractivity contribution < 1.29 is 27.5 Å². The number of hydrogen-bond donors (Lipinski definition) is 1. The Labute approximate surface area is 254 Å². The van der Waals surface area contributed by atoms with Crippen LogP contribution in [0, 0.1) is 0 Å². The summed E-state index contributed by atoms with van der Waals surface area (Å²) >= 11 is 0. The number of hydrogen-bond acceptors (Lipinski definition) is 6. The molecular formula is C33H41N3O6S. The maximum Gasteiger partial charge on any atom is 0.264 e. The first-order chi connectivity index (χ1) is 20.8. The number of rotatable bonds is 13. The van der Waals surface area contributed by atoms with Gasteiger partial charge in [-0.05, 0) is 73.4 Å². The lowest BCUT2D eigenvalue weighted by Crippen LogP contribution is -2.54. The molecule has 0 radical (unpaired) electrons. The molecule has 4 rings (SSSR count). The molecule has 0 saturated heterocycles. The first kappa shape index (κ1) is 31.9. The van der Waals surface area contributed by atoms with Crippen molar-refractivity contribution in [3.63, 3.8) is 0 Å². The Bertz CT molecular complexity index is 1440. The van der Waals surface area contributed by atoms with E-state index >= 15 is 0 Å². The number of methoxy groups -OCH3 is 2. The van der Waals surface area contributed by atoms with E-state index in [0.717, 1.165) is 42.0 Å². The van der Waals surface area contributed by atoms with Crippen LogP contribution in [0.3, 0.4) is 0 Å². The first-order valence-electron chi connectivity index (χ1n) is 14.7. The topological polar surface area (TPSA) is 105 Å². The molecule has 1 atom stereocenters. The molecule has 10 heteroatoms. The molecule has 1 unspecified atom stereocenters. The van der Waals surface area contributed by atoms with Crippen LogP contribution in [0.1, 0.15) is 51.0 Å². The second-order valence-corrected chi connectivity index (χ2v) is 12.5. The van der Waals surface area contributed by atoms with Gasteiger partial charge in [0, 0.05) is 12.6 Å². The summed E-state index contributed by atoms with van der Waals surface area (Å²) in [7, 11) is -1.07. The standard InChI is InChI=1S/C33H41N3O6S/c1-4-31(33(38)34-26-11-7-5-8-12-26)35(23-25-15-17-28(41-2)18-16-25)32(37)24-36(27-13-9-6-10-14-27)43(39,40)30-21-19-29(42-3)20-22-30/h6,9-10,13-22,26,31H,4-5,7-8,11-12,23-24H2,1-3H3,(H,34,38). The van der Waals surface area contributed by atoms with Crippen LogP contribution < -0.4 is 19.1 Å². The van der Waals surface area contributed by atoms with Crippen LogP contribution in [-0.2, 0) is 26.2 Å². The highest BCUT2D eigenvalue weighted by molar-refractivity contribution is 7.92. The summed E-state index contributed by atoms with van der Waals surface area (Å²) in [4.78, 5) is 29.4. The van der Waals surface area contributed by atoms with Gasteiger partial charge in [-0.3, -0.25) is 13.9 Å². The number of ether oxygens (including phenoxy) is 2. The highest BCUT2D eigenvalue weighted by Gasteiger charge is 2.34. The van der Waals surface area contributed by atoms with Gasteiger partial charge in [0.25, 0.3) is 10.0 Å². The summed E-state index contributed by atoms with van der Waals surface area (Å²) in [6, 6.07) is 21.1. The van der Waals surface area contributed by atoms with Crippen LogP contribution in [0.5, 0.6) is 11.5 Å². The number of amides is 2. The fourth-order valence-corrected chi connectivity index (χ4v) is 6.80. The molecule has 1 fully saturated rings. The third kappa shape index (κ3) is 8.07. The summed E-state index contributed by atoms with van der Waals surface area (Å²) in [5.41, 5.74) is 1.14. The average Bonchev–Trinajstić information content (AvgIpc) is 3.04. The minimum Gasteiger partial charge on any atom is -0.497 e. The molecule has 2 amide bonds. The van der Waals surface area contributed by atoms with Crippen molar-refractivity contribution in [3.8, 4) is 11.5 Å². The summed E-state index contributed by atoms with van der Waals surface area (Å²) in [5, 5.41) is 3.16. The van der Waals surface area contributed by atoms with E-state index in [1.807, 2.05) is 19.1 Å². The van der Waals surface area contributed by atoms with Gasteiger partial charge in [-0.1, -0.05) is 56.5 Å². The number of benzene rings is 3. The molecule has 3 aromatic carbocycles. The minimum atomic E-state index is -4.15. The monoisotopic (exact) mass is 607 g/mol. The van der Waals surface area contributed by atoms with Gasteiger partial charge in [0.2, 0.25) is 11.8 Å². The van der Waals surface area contributed by atoms with Gasteiger partial charge < -0.3 is 19.7 Å². The zero-order valence-corrected chi connectivity index (χ0v) is 25.9. The fraction of sp³-hybridized carbons (Fsp3) is 0.394. The van der Waals surface area contributed by atoms with E-state index in [1.54, 1.807) is 61.7 Å². The van der Waals surface area contributed by atoms with Gasteiger partial charge in [-0.15, -0.1) is 0 Å². The molecule has 1 N–H and O–H groups in total. The molecule has 1 saturated carbocycles. The van der Waals surface area contributed by atoms with Gasteiger partial charge in [-0.25, -0.2) is 8.42 Å². The molecule has 0 bridgehead atoms. The van der Waals surface area contributed by atoms with Crippen LogP contribution in [-0.4, -0.2) is 58.0 Å². The normalized spacial score (nSPS) is 14.4. The minimum absolute atomic E-state index is 0.0220. The molecule has 43 heavy (non-hydrogen) atoms. The number of para-hydroxylation sites is 1. The van der Waals surface area contributed by atoms with Gasteiger partial charge >= 0.3 is 0 Å². The lowest BCUT2D eigenvalue weighted by molar-refractivity contribution is -0.140. The Morgan fingerprint density at radius 1 is 0.860 bits per heavy atom. The SMILES string of the molecule is CCC(C(=O)NC1CCCCC1)N(Cc1ccc(OC)cc1)C(=O)CN(c1ccccc1)S(=O)(=O)c1ccc(OC)cc1. The summed E-state index contributed by atoms with van der Waals surface area (Å²) in [6.07, 6.45) is 5.48. The van der Waals surface area contributed by atoms with Crippen LogP contribution in [0.2, 0.25) is 0 Å². The van der Waals surface area contributed by atoms with E-state index < -0.39 is 28.5 Å². The molecule has 3 aromatic rings. The van der Waals surface area contributed by atoms with Gasteiger partial charge in [0.1, 0.15) is 24.1 Å². The lowest BCUT2D eigenvalue weighted by atomic mass is 9.95. The van der Waals surface area contributed by atoms with Gasteiger partial charge in [0.05, 0.1) is 24.8 Å². The largest absolute Gasteiger partial charge is 0.497 e. The Morgan fingerprint density at radius 2 is 1.44 bits per heavy atom. The lowest BCUT2D eigenvalue weighted by Gasteiger charge is -2.34. The van der Waals surface area contributed by atoms with E-state index in [4.69, 9.17) is 9.47 Å². The Hall–Kier alpha value is -4.05. The van der Waals surface area contributed by atoms with Crippen molar-refractivity contribution in [2.24, 2.45) is 0 Å². The molecule has 1 aliphatic rings. The van der Waals surface area contributed by atoms with Crippen LogP contribution >= 0.6 is 0 Å². The summed E-state index contributed by atoms with van der Waals surface area (Å²) in [6.45, 7) is 1.51. The van der Waals surface area contributed by atoms with Crippen molar-refractivity contribution in [3.05, 3.63) is 84.4 Å². The molecule has 9 nitrogen and oxygen atoms in total. The fourth-order valence-electron chi connectivity index (χ4n) is 5.39. The maximum atomic E-state index is 14.2. The molecule has 1 aliphatic carbocycles. The van der Waals surface area contributed by atoms with Crippen molar-refractivity contribution in [2.45, 2.75) is 69.0 Å². The van der Waals surface area contributed by atoms with Crippen molar-refractivity contribution in [2.75, 3.05) is 25.1 Å². The molecule has 0 aromatic heterocycles. The Balaban J connectivity index is 1.68. The number of carbonyl (C=O) groups is 2. The third-order valence-electron chi connectivity index (χ3n) is 7.82. The Morgan fingerprint density at radius 3 is 2.00 bits per heavy atom. The predicted molar refractivity (Wildman–Crippen MR) is 167 cm³/mol. The van der Waals surface area contributed by atoms with Gasteiger partial charge in [0.15, 0.2) is 0 Å². The van der Waals surface area contributed by atoms with E-state index in [2.05, 4.69) is 5.32 Å². The Kier molecular flexibility index (Phi) is 11.1. The zero-order chi connectivity index (χ0) is 30.8. The van der Waals surface area contributed by atoms with E-state index in [-0.39, 0.29) is 23.4 Å². The summed E-state index contributed by atoms with van der Waals surface area (Å²) < 4.78 is 39.5. The molecule has 0 aliphatic heterocycles. The number of nitrogens with zero attached hydrogens (tertiary/aromatic N) is 2. The highest BCUT2D eigenvalue weighted by Crippen LogP contribution is 2.26. The van der Waals surface area contributed by atoms with Crippen LogP contribution in [0.25, 0.3) is 0 Å². The zero-order valence-electron chi connectivity index (χ0n) is 25.1. The van der Waals surface area contributed by atoms with Crippen molar-refractivity contribution >= 4 is 27.5 Å². The van der Waals surface area contributed by atoms with Gasteiger partial charge in [-0.2, -0.15) is 0 Å². The quantitative estimate of drug-likeness (QED) is 0.288. The summed E-state index contributed by atoms with van der Waals surface area (Å²) in [5.74, 6) is 0.481. The van der Waals surface area contributed by atoms with Crippen molar-refractivity contribution in [1.29, 1.82) is 0 Å². The average molecular weight is 608 g/mol.